The highest BCUT2D eigenvalue weighted by atomic mass is 16.4. The van der Waals surface area contributed by atoms with E-state index >= 15 is 0 Å². The quantitative estimate of drug-likeness (QED) is 0.364. The molecule has 0 aliphatic carbocycles. The van der Waals surface area contributed by atoms with Gasteiger partial charge in [0, 0.05) is 0 Å². The van der Waals surface area contributed by atoms with Crippen molar-refractivity contribution in [2.24, 2.45) is 0 Å². The Hall–Kier alpha value is -3.14. The van der Waals surface area contributed by atoms with Crippen LogP contribution in [0.3, 0.4) is 0 Å². The first-order valence-corrected chi connectivity index (χ1v) is 9.02. The normalized spacial score (nSPS) is 11.3. The second kappa shape index (κ2) is 6.24. The Morgan fingerprint density at radius 3 is 2.07 bits per heavy atom. The Kier molecular flexibility index (Phi) is 3.71. The second-order valence-electron chi connectivity index (χ2n) is 6.85. The first-order valence-electron chi connectivity index (χ1n) is 9.02. The molecule has 5 rings (SSSR count). The van der Waals surface area contributed by atoms with Crippen molar-refractivity contribution in [3.8, 4) is 11.1 Å². The van der Waals surface area contributed by atoms with Gasteiger partial charge in [-0.05, 0) is 61.0 Å². The molecule has 27 heavy (non-hydrogen) atoms. The molecular formula is C24H17BO2. The van der Waals surface area contributed by atoms with E-state index in [1.807, 2.05) is 54.6 Å². The van der Waals surface area contributed by atoms with E-state index in [0.29, 0.717) is 5.46 Å². The number of fused-ring (bicyclic) bond motifs is 3. The van der Waals surface area contributed by atoms with E-state index in [0.717, 1.165) is 32.7 Å². The molecule has 2 nitrogen and oxygen atoms in total. The zero-order valence-electron chi connectivity index (χ0n) is 14.6. The molecule has 0 aliphatic rings. The number of hydrogen-bond donors (Lipinski definition) is 2. The molecule has 5 aromatic rings. The second-order valence-corrected chi connectivity index (χ2v) is 6.85. The Bertz CT molecular complexity index is 1310. The van der Waals surface area contributed by atoms with E-state index in [4.69, 9.17) is 0 Å². The largest absolute Gasteiger partial charge is 0.489 e. The molecule has 0 aromatic heterocycles. The van der Waals surface area contributed by atoms with Gasteiger partial charge in [0.1, 0.15) is 0 Å². The van der Waals surface area contributed by atoms with Crippen LogP contribution in [0, 0.1) is 0 Å². The van der Waals surface area contributed by atoms with Gasteiger partial charge >= 0.3 is 7.12 Å². The number of hydrogen-bond acceptors (Lipinski definition) is 2. The van der Waals surface area contributed by atoms with Crippen LogP contribution in [0.2, 0.25) is 0 Å². The lowest BCUT2D eigenvalue weighted by atomic mass is 9.72. The summed E-state index contributed by atoms with van der Waals surface area (Å²) in [7, 11) is -1.54. The molecule has 0 amide bonds. The molecule has 5 aromatic carbocycles. The van der Waals surface area contributed by atoms with Crippen LogP contribution in [0.1, 0.15) is 0 Å². The van der Waals surface area contributed by atoms with Crippen molar-refractivity contribution in [2.45, 2.75) is 0 Å². The van der Waals surface area contributed by atoms with Crippen LogP contribution < -0.4 is 5.46 Å². The maximum absolute atomic E-state index is 10.2. The van der Waals surface area contributed by atoms with E-state index in [9.17, 15) is 10.0 Å². The predicted octanol–water partition coefficient (Wildman–Crippen LogP) is 4.49. The summed E-state index contributed by atoms with van der Waals surface area (Å²) in [4.78, 5) is 0. The van der Waals surface area contributed by atoms with Gasteiger partial charge in [0.2, 0.25) is 0 Å². The lowest BCUT2D eigenvalue weighted by molar-refractivity contribution is 0.426. The van der Waals surface area contributed by atoms with Crippen molar-refractivity contribution in [3.05, 3.63) is 91.0 Å². The van der Waals surface area contributed by atoms with Crippen LogP contribution in [0.5, 0.6) is 0 Å². The standard InChI is InChI=1S/C24H17BO2/c26-25(27)24-22-10-4-3-8-18(22)15-20-9-5-11-21(23(20)24)19-13-12-16-6-1-2-7-17(16)14-19/h1-15,26-27H. The van der Waals surface area contributed by atoms with Crippen LogP contribution in [0.25, 0.3) is 43.4 Å². The summed E-state index contributed by atoms with van der Waals surface area (Å²) in [6, 6.07) is 30.7. The topological polar surface area (TPSA) is 40.5 Å². The summed E-state index contributed by atoms with van der Waals surface area (Å²) in [5, 5.41) is 26.6. The summed E-state index contributed by atoms with van der Waals surface area (Å²) >= 11 is 0. The monoisotopic (exact) mass is 348 g/mol. The van der Waals surface area contributed by atoms with Gasteiger partial charge in [-0.3, -0.25) is 0 Å². The van der Waals surface area contributed by atoms with Gasteiger partial charge in [-0.2, -0.15) is 0 Å². The molecule has 2 N–H and O–H groups in total. The zero-order valence-corrected chi connectivity index (χ0v) is 14.6. The molecule has 0 radical (unpaired) electrons. The van der Waals surface area contributed by atoms with Crippen LogP contribution >= 0.6 is 0 Å². The van der Waals surface area contributed by atoms with Crippen LogP contribution in [0.4, 0.5) is 0 Å². The molecule has 128 valence electrons. The predicted molar refractivity (Wildman–Crippen MR) is 114 cm³/mol. The minimum atomic E-state index is -1.54. The zero-order chi connectivity index (χ0) is 18.4. The van der Waals surface area contributed by atoms with E-state index in [1.54, 1.807) is 0 Å². The van der Waals surface area contributed by atoms with Gasteiger partial charge in [0.15, 0.2) is 0 Å². The molecule has 0 atom stereocenters. The molecule has 0 bridgehead atoms. The van der Waals surface area contributed by atoms with Gasteiger partial charge in [-0.15, -0.1) is 0 Å². The Labute approximate surface area is 157 Å². The first kappa shape index (κ1) is 16.1. The lowest BCUT2D eigenvalue weighted by Gasteiger charge is -2.15. The number of benzene rings is 5. The molecule has 3 heteroatoms. The molecule has 0 saturated carbocycles. The van der Waals surface area contributed by atoms with Gasteiger partial charge < -0.3 is 10.0 Å². The van der Waals surface area contributed by atoms with Crippen LogP contribution in [-0.2, 0) is 0 Å². The maximum Gasteiger partial charge on any atom is 0.489 e. The molecule has 0 aliphatic heterocycles. The maximum atomic E-state index is 10.2. The minimum absolute atomic E-state index is 0.562. The first-order chi connectivity index (χ1) is 13.2. The third-order valence-corrected chi connectivity index (χ3v) is 5.25. The fourth-order valence-electron chi connectivity index (χ4n) is 4.03. The molecule has 0 spiro atoms. The summed E-state index contributed by atoms with van der Waals surface area (Å²) in [6.07, 6.45) is 0. The third-order valence-electron chi connectivity index (χ3n) is 5.25. The Balaban J connectivity index is 1.90. The lowest BCUT2D eigenvalue weighted by Crippen LogP contribution is -2.31. The third kappa shape index (κ3) is 2.60. The van der Waals surface area contributed by atoms with Crippen molar-refractivity contribution >= 4 is 44.9 Å². The van der Waals surface area contributed by atoms with Crippen molar-refractivity contribution < 1.29 is 10.0 Å². The van der Waals surface area contributed by atoms with Gasteiger partial charge in [0.05, 0.1) is 0 Å². The summed E-state index contributed by atoms with van der Waals surface area (Å²) in [6.45, 7) is 0. The van der Waals surface area contributed by atoms with Crippen molar-refractivity contribution in [2.75, 3.05) is 0 Å². The fraction of sp³-hybridized carbons (Fsp3) is 0. The van der Waals surface area contributed by atoms with E-state index < -0.39 is 7.12 Å². The molecule has 0 heterocycles. The summed E-state index contributed by atoms with van der Waals surface area (Å²) < 4.78 is 0. The Morgan fingerprint density at radius 1 is 0.556 bits per heavy atom. The van der Waals surface area contributed by atoms with Crippen LogP contribution in [0.15, 0.2) is 91.0 Å². The minimum Gasteiger partial charge on any atom is -0.423 e. The average Bonchev–Trinajstić information content (AvgIpc) is 2.71. The number of rotatable bonds is 2. The van der Waals surface area contributed by atoms with Gasteiger partial charge in [-0.1, -0.05) is 78.9 Å². The molecule has 0 unspecified atom stereocenters. The van der Waals surface area contributed by atoms with E-state index in [2.05, 4.69) is 36.4 Å². The fourth-order valence-corrected chi connectivity index (χ4v) is 4.03. The molecule has 0 saturated heterocycles. The van der Waals surface area contributed by atoms with E-state index in [1.165, 1.54) is 10.8 Å². The van der Waals surface area contributed by atoms with Crippen molar-refractivity contribution in [1.82, 2.24) is 0 Å². The van der Waals surface area contributed by atoms with Crippen molar-refractivity contribution in [1.29, 1.82) is 0 Å². The van der Waals surface area contributed by atoms with Crippen molar-refractivity contribution in [3.63, 3.8) is 0 Å². The Morgan fingerprint density at radius 2 is 1.26 bits per heavy atom. The summed E-state index contributed by atoms with van der Waals surface area (Å²) in [5.41, 5.74) is 2.63. The smallest absolute Gasteiger partial charge is 0.423 e. The highest BCUT2D eigenvalue weighted by molar-refractivity contribution is 6.66. The highest BCUT2D eigenvalue weighted by Gasteiger charge is 2.21. The SMILES string of the molecule is OB(O)c1c2ccccc2cc2cccc(-c3ccc4ccccc4c3)c12. The molecular weight excluding hydrogens is 331 g/mol. The van der Waals surface area contributed by atoms with E-state index in [-0.39, 0.29) is 0 Å². The average molecular weight is 348 g/mol. The van der Waals surface area contributed by atoms with Gasteiger partial charge in [0.25, 0.3) is 0 Å². The highest BCUT2D eigenvalue weighted by Crippen LogP contribution is 2.32. The van der Waals surface area contributed by atoms with Gasteiger partial charge in [-0.25, -0.2) is 0 Å². The summed E-state index contributed by atoms with van der Waals surface area (Å²) in [5.74, 6) is 0. The molecule has 0 fully saturated rings. The van der Waals surface area contributed by atoms with Crippen LogP contribution in [-0.4, -0.2) is 17.2 Å².